The van der Waals surface area contributed by atoms with Gasteiger partial charge in [-0.2, -0.15) is 0 Å². The third kappa shape index (κ3) is 2.38. The van der Waals surface area contributed by atoms with Gasteiger partial charge in [-0.25, -0.2) is 4.39 Å². The largest absolute Gasteiger partial charge is 0.384 e. The number of nitrogens with zero attached hydrogens (tertiary/aromatic N) is 1. The van der Waals surface area contributed by atoms with Crippen molar-refractivity contribution in [2.75, 3.05) is 0 Å². The molecule has 20 heavy (non-hydrogen) atoms. The molecular weight excluding hydrogens is 277 g/mol. The molecule has 100 valence electrons. The van der Waals surface area contributed by atoms with Gasteiger partial charge in [-0.05, 0) is 35.9 Å². The molecule has 1 aromatic heterocycles. The quantitative estimate of drug-likeness (QED) is 0.769. The zero-order chi connectivity index (χ0) is 14.1. The Morgan fingerprint density at radius 1 is 1.10 bits per heavy atom. The van der Waals surface area contributed by atoms with E-state index in [0.717, 1.165) is 10.9 Å². The summed E-state index contributed by atoms with van der Waals surface area (Å²) < 4.78 is 13.8. The third-order valence-corrected chi connectivity index (χ3v) is 3.43. The SMILES string of the molecule is OC(c1ccc2ncccc2c1)c1ccc(Cl)cc1F. The van der Waals surface area contributed by atoms with E-state index >= 15 is 0 Å². The first-order chi connectivity index (χ1) is 9.65. The number of hydrogen-bond acceptors (Lipinski definition) is 2. The van der Waals surface area contributed by atoms with Crippen molar-refractivity contribution in [1.82, 2.24) is 4.98 Å². The van der Waals surface area contributed by atoms with E-state index in [4.69, 9.17) is 11.6 Å². The van der Waals surface area contributed by atoms with Crippen molar-refractivity contribution in [1.29, 1.82) is 0 Å². The first-order valence-corrected chi connectivity index (χ1v) is 6.50. The minimum absolute atomic E-state index is 0.206. The molecule has 3 aromatic rings. The van der Waals surface area contributed by atoms with E-state index in [-0.39, 0.29) is 5.56 Å². The summed E-state index contributed by atoms with van der Waals surface area (Å²) in [6, 6.07) is 13.3. The molecule has 0 bridgehead atoms. The van der Waals surface area contributed by atoms with E-state index < -0.39 is 11.9 Å². The highest BCUT2D eigenvalue weighted by molar-refractivity contribution is 6.30. The van der Waals surface area contributed by atoms with Crippen LogP contribution in [0.2, 0.25) is 5.02 Å². The third-order valence-electron chi connectivity index (χ3n) is 3.20. The molecular formula is C16H11ClFNO. The molecule has 0 saturated carbocycles. The van der Waals surface area contributed by atoms with Gasteiger partial charge in [0.2, 0.25) is 0 Å². The lowest BCUT2D eigenvalue weighted by Gasteiger charge is -2.13. The van der Waals surface area contributed by atoms with Crippen molar-refractivity contribution in [3.8, 4) is 0 Å². The van der Waals surface area contributed by atoms with Crippen LogP contribution in [0.25, 0.3) is 10.9 Å². The van der Waals surface area contributed by atoms with Gasteiger partial charge in [0.25, 0.3) is 0 Å². The molecule has 0 spiro atoms. The monoisotopic (exact) mass is 287 g/mol. The van der Waals surface area contributed by atoms with Gasteiger partial charge in [0.15, 0.2) is 0 Å². The molecule has 1 unspecified atom stereocenters. The van der Waals surface area contributed by atoms with E-state index in [1.165, 1.54) is 12.1 Å². The first-order valence-electron chi connectivity index (χ1n) is 6.13. The van der Waals surface area contributed by atoms with Crippen molar-refractivity contribution in [2.45, 2.75) is 6.10 Å². The van der Waals surface area contributed by atoms with Crippen LogP contribution in [0.1, 0.15) is 17.2 Å². The zero-order valence-electron chi connectivity index (χ0n) is 10.4. The summed E-state index contributed by atoms with van der Waals surface area (Å²) in [5.41, 5.74) is 1.66. The summed E-state index contributed by atoms with van der Waals surface area (Å²) in [6.45, 7) is 0. The summed E-state index contributed by atoms with van der Waals surface area (Å²) >= 11 is 5.72. The zero-order valence-corrected chi connectivity index (χ0v) is 11.2. The molecule has 0 aliphatic rings. The highest BCUT2D eigenvalue weighted by atomic mass is 35.5. The van der Waals surface area contributed by atoms with E-state index in [1.807, 2.05) is 18.2 Å². The van der Waals surface area contributed by atoms with Crippen molar-refractivity contribution in [3.63, 3.8) is 0 Å². The standard InChI is InChI=1S/C16H11ClFNO/c17-12-4-5-13(14(18)9-12)16(20)11-3-6-15-10(8-11)2-1-7-19-15/h1-9,16,20H. The number of aromatic nitrogens is 1. The molecule has 0 aliphatic carbocycles. The van der Waals surface area contributed by atoms with Crippen LogP contribution in [0.3, 0.4) is 0 Å². The lowest BCUT2D eigenvalue weighted by molar-refractivity contribution is 0.215. The van der Waals surface area contributed by atoms with Crippen molar-refractivity contribution in [2.24, 2.45) is 0 Å². The van der Waals surface area contributed by atoms with Gasteiger partial charge in [-0.15, -0.1) is 0 Å². The van der Waals surface area contributed by atoms with E-state index in [1.54, 1.807) is 24.4 Å². The molecule has 2 aromatic carbocycles. The van der Waals surface area contributed by atoms with Gasteiger partial charge < -0.3 is 5.11 Å². The average Bonchev–Trinajstić information content (AvgIpc) is 2.46. The van der Waals surface area contributed by atoms with Crippen LogP contribution in [0.15, 0.2) is 54.7 Å². The molecule has 1 heterocycles. The number of fused-ring (bicyclic) bond motifs is 1. The highest BCUT2D eigenvalue weighted by Crippen LogP contribution is 2.27. The van der Waals surface area contributed by atoms with Crippen LogP contribution < -0.4 is 0 Å². The molecule has 2 nitrogen and oxygen atoms in total. The van der Waals surface area contributed by atoms with Crippen LogP contribution in [0.4, 0.5) is 4.39 Å². The fraction of sp³-hybridized carbons (Fsp3) is 0.0625. The van der Waals surface area contributed by atoms with Crippen LogP contribution in [0, 0.1) is 5.82 Å². The second-order valence-electron chi connectivity index (χ2n) is 4.52. The molecule has 4 heteroatoms. The van der Waals surface area contributed by atoms with Crippen molar-refractivity contribution in [3.05, 3.63) is 76.7 Å². The summed E-state index contributed by atoms with van der Waals surface area (Å²) in [4.78, 5) is 4.21. The smallest absolute Gasteiger partial charge is 0.130 e. The molecule has 0 saturated heterocycles. The lowest BCUT2D eigenvalue weighted by Crippen LogP contribution is -2.02. The fourth-order valence-corrected chi connectivity index (χ4v) is 2.33. The summed E-state index contributed by atoms with van der Waals surface area (Å²) in [5, 5.41) is 11.5. The van der Waals surface area contributed by atoms with Crippen LogP contribution in [-0.2, 0) is 0 Å². The highest BCUT2D eigenvalue weighted by Gasteiger charge is 2.15. The minimum atomic E-state index is -1.03. The number of hydrogen-bond donors (Lipinski definition) is 1. The Kier molecular flexibility index (Phi) is 3.38. The Hall–Kier alpha value is -1.97. The average molecular weight is 288 g/mol. The maximum Gasteiger partial charge on any atom is 0.130 e. The maximum absolute atomic E-state index is 13.8. The van der Waals surface area contributed by atoms with Gasteiger partial charge >= 0.3 is 0 Å². The second kappa shape index (κ2) is 5.19. The molecule has 0 amide bonds. The van der Waals surface area contributed by atoms with Crippen LogP contribution in [0.5, 0.6) is 0 Å². The molecule has 0 aliphatic heterocycles. The Morgan fingerprint density at radius 2 is 1.95 bits per heavy atom. The van der Waals surface area contributed by atoms with Gasteiger partial charge in [0, 0.05) is 22.2 Å². The van der Waals surface area contributed by atoms with Crippen molar-refractivity contribution >= 4 is 22.5 Å². The van der Waals surface area contributed by atoms with Crippen molar-refractivity contribution < 1.29 is 9.50 Å². The number of aliphatic hydroxyl groups excluding tert-OH is 1. The number of aliphatic hydroxyl groups is 1. The number of rotatable bonds is 2. The van der Waals surface area contributed by atoms with Crippen LogP contribution >= 0.6 is 11.6 Å². The normalized spacial score (nSPS) is 12.6. The maximum atomic E-state index is 13.8. The Bertz CT molecular complexity index is 775. The summed E-state index contributed by atoms with van der Waals surface area (Å²) in [7, 11) is 0. The van der Waals surface area contributed by atoms with E-state index in [2.05, 4.69) is 4.98 Å². The van der Waals surface area contributed by atoms with E-state index in [0.29, 0.717) is 10.6 Å². The number of halogens is 2. The summed E-state index contributed by atoms with van der Waals surface area (Å²) in [5.74, 6) is -0.517. The van der Waals surface area contributed by atoms with Gasteiger partial charge in [-0.1, -0.05) is 29.8 Å². The fourth-order valence-electron chi connectivity index (χ4n) is 2.17. The Labute approximate surface area is 120 Å². The van der Waals surface area contributed by atoms with Gasteiger partial charge in [0.1, 0.15) is 11.9 Å². The molecule has 0 fully saturated rings. The minimum Gasteiger partial charge on any atom is -0.384 e. The molecule has 3 rings (SSSR count). The molecule has 1 atom stereocenters. The predicted molar refractivity (Wildman–Crippen MR) is 77.2 cm³/mol. The Morgan fingerprint density at radius 3 is 2.75 bits per heavy atom. The number of benzene rings is 2. The first kappa shape index (κ1) is 13.0. The van der Waals surface area contributed by atoms with Gasteiger partial charge in [-0.3, -0.25) is 4.98 Å². The molecule has 1 N–H and O–H groups in total. The second-order valence-corrected chi connectivity index (χ2v) is 4.96. The molecule has 0 radical (unpaired) electrons. The predicted octanol–water partition coefficient (Wildman–Crippen LogP) is 4.11. The topological polar surface area (TPSA) is 33.1 Å². The van der Waals surface area contributed by atoms with E-state index in [9.17, 15) is 9.50 Å². The Balaban J connectivity index is 2.05. The lowest BCUT2D eigenvalue weighted by atomic mass is 9.99. The van der Waals surface area contributed by atoms with Crippen LogP contribution in [-0.4, -0.2) is 10.1 Å². The van der Waals surface area contributed by atoms with Gasteiger partial charge in [0.05, 0.1) is 5.52 Å². The summed E-state index contributed by atoms with van der Waals surface area (Å²) in [6.07, 6.45) is 0.675. The number of pyridine rings is 1.